The smallest absolute Gasteiger partial charge is 0.253 e. The van der Waals surface area contributed by atoms with Gasteiger partial charge >= 0.3 is 0 Å². The van der Waals surface area contributed by atoms with E-state index in [9.17, 15) is 4.79 Å². The van der Waals surface area contributed by atoms with Crippen LogP contribution in [0.15, 0.2) is 24.3 Å². The minimum absolute atomic E-state index is 0. The maximum Gasteiger partial charge on any atom is 0.253 e. The lowest BCUT2D eigenvalue weighted by Gasteiger charge is -2.30. The highest BCUT2D eigenvalue weighted by Crippen LogP contribution is 2.15. The molecule has 21 heavy (non-hydrogen) atoms. The molecule has 1 aliphatic heterocycles. The minimum atomic E-state index is -0.0801. The average Bonchev–Trinajstić information content (AvgIpc) is 2.41. The minimum Gasteiger partial charge on any atom is -0.398 e. The van der Waals surface area contributed by atoms with E-state index < -0.39 is 0 Å². The second-order valence-electron chi connectivity index (χ2n) is 5.37. The van der Waals surface area contributed by atoms with E-state index in [-0.39, 0.29) is 30.7 Å². The highest BCUT2D eigenvalue weighted by molar-refractivity contribution is 5.99. The molecule has 2 rings (SSSR count). The number of nitrogen functional groups attached to an aromatic ring is 1. The topological polar surface area (TPSA) is 58.4 Å². The summed E-state index contributed by atoms with van der Waals surface area (Å²) in [5, 5.41) is 2.94. The zero-order valence-electron chi connectivity index (χ0n) is 12.4. The van der Waals surface area contributed by atoms with Crippen LogP contribution >= 0.6 is 24.8 Å². The van der Waals surface area contributed by atoms with Gasteiger partial charge in [-0.1, -0.05) is 19.1 Å². The fourth-order valence-electron chi connectivity index (χ4n) is 2.41. The van der Waals surface area contributed by atoms with Crippen LogP contribution in [0.4, 0.5) is 5.69 Å². The second kappa shape index (κ2) is 9.87. The van der Waals surface area contributed by atoms with Gasteiger partial charge in [-0.3, -0.25) is 4.79 Å². The predicted octanol–water partition coefficient (Wildman–Crippen LogP) is 2.57. The Balaban J connectivity index is 0.00000200. The van der Waals surface area contributed by atoms with Crippen LogP contribution in [0.3, 0.4) is 0 Å². The van der Waals surface area contributed by atoms with Gasteiger partial charge in [-0.2, -0.15) is 0 Å². The zero-order valence-corrected chi connectivity index (χ0v) is 14.0. The van der Waals surface area contributed by atoms with Crippen LogP contribution in [0.25, 0.3) is 0 Å². The first-order valence-electron chi connectivity index (χ1n) is 7.02. The normalized spacial score (nSPS) is 15.7. The Hall–Kier alpha value is -0.970. The molecule has 1 aliphatic rings. The molecule has 0 atom stereocenters. The number of amides is 1. The summed E-state index contributed by atoms with van der Waals surface area (Å²) >= 11 is 0. The number of carbonyl (C=O) groups is 1. The molecule has 0 aliphatic carbocycles. The van der Waals surface area contributed by atoms with Crippen molar-refractivity contribution < 1.29 is 4.79 Å². The molecule has 4 nitrogen and oxygen atoms in total. The van der Waals surface area contributed by atoms with Crippen LogP contribution in [0.1, 0.15) is 30.1 Å². The molecule has 3 N–H and O–H groups in total. The number of nitrogens with two attached hydrogens (primary N) is 1. The predicted molar refractivity (Wildman–Crippen MR) is 92.5 cm³/mol. The van der Waals surface area contributed by atoms with Gasteiger partial charge in [-0.05, 0) is 44.0 Å². The summed E-state index contributed by atoms with van der Waals surface area (Å²) in [7, 11) is 0. The van der Waals surface area contributed by atoms with Crippen molar-refractivity contribution in [2.45, 2.75) is 19.8 Å². The molecule has 1 heterocycles. The molecule has 1 saturated heterocycles. The Labute approximate surface area is 139 Å². The van der Waals surface area contributed by atoms with Crippen LogP contribution in [-0.4, -0.2) is 37.0 Å². The lowest BCUT2D eigenvalue weighted by Crippen LogP contribution is -2.39. The number of piperidine rings is 1. The summed E-state index contributed by atoms with van der Waals surface area (Å²) in [4.78, 5) is 14.4. The van der Waals surface area contributed by atoms with Crippen molar-refractivity contribution >= 4 is 36.4 Å². The van der Waals surface area contributed by atoms with Gasteiger partial charge < -0.3 is 16.0 Å². The molecule has 0 saturated carbocycles. The first-order valence-corrected chi connectivity index (χ1v) is 7.02. The van der Waals surface area contributed by atoms with E-state index in [0.29, 0.717) is 17.8 Å². The number of hydrogen-bond acceptors (Lipinski definition) is 3. The third-order valence-corrected chi connectivity index (χ3v) is 3.80. The number of benzene rings is 1. The molecule has 0 radical (unpaired) electrons. The van der Waals surface area contributed by atoms with Crippen molar-refractivity contribution in [3.05, 3.63) is 29.8 Å². The van der Waals surface area contributed by atoms with E-state index in [0.717, 1.165) is 25.6 Å². The highest BCUT2D eigenvalue weighted by Gasteiger charge is 2.15. The van der Waals surface area contributed by atoms with Crippen molar-refractivity contribution in [1.82, 2.24) is 10.2 Å². The lowest BCUT2D eigenvalue weighted by molar-refractivity contribution is 0.0945. The van der Waals surface area contributed by atoms with Gasteiger partial charge in [0.15, 0.2) is 0 Å². The van der Waals surface area contributed by atoms with Crippen molar-refractivity contribution in [1.29, 1.82) is 0 Å². The molecule has 1 amide bonds. The van der Waals surface area contributed by atoms with Crippen molar-refractivity contribution in [2.75, 3.05) is 31.9 Å². The number of likely N-dealkylation sites (tertiary alicyclic amines) is 1. The number of nitrogens with one attached hydrogen (secondary N) is 1. The third-order valence-electron chi connectivity index (χ3n) is 3.80. The van der Waals surface area contributed by atoms with Gasteiger partial charge in [0.2, 0.25) is 0 Å². The summed E-state index contributed by atoms with van der Waals surface area (Å²) < 4.78 is 0. The molecule has 0 spiro atoms. The standard InChI is InChI=1S/C15H23N3O.2ClH/c1-12-6-9-18(10-7-12)11-8-17-15(19)13-4-2-3-5-14(13)16;;/h2-5,12H,6-11,16H2,1H3,(H,17,19);2*1H. The van der Waals surface area contributed by atoms with Crippen LogP contribution in [-0.2, 0) is 0 Å². The Morgan fingerprint density at radius 1 is 1.29 bits per heavy atom. The molecular formula is C15H25Cl2N3O. The van der Waals surface area contributed by atoms with Gasteiger partial charge in [0.05, 0.1) is 5.56 Å². The lowest BCUT2D eigenvalue weighted by atomic mass is 9.99. The van der Waals surface area contributed by atoms with Crippen molar-refractivity contribution in [2.24, 2.45) is 5.92 Å². The van der Waals surface area contributed by atoms with E-state index in [1.165, 1.54) is 12.8 Å². The van der Waals surface area contributed by atoms with Gasteiger partial charge in [0.1, 0.15) is 0 Å². The van der Waals surface area contributed by atoms with E-state index in [1.807, 2.05) is 12.1 Å². The van der Waals surface area contributed by atoms with E-state index in [4.69, 9.17) is 5.73 Å². The number of para-hydroxylation sites is 1. The molecule has 0 aromatic heterocycles. The molecule has 1 fully saturated rings. The summed E-state index contributed by atoms with van der Waals surface area (Å²) in [6, 6.07) is 7.17. The van der Waals surface area contributed by atoms with Crippen LogP contribution in [0.5, 0.6) is 0 Å². The quantitative estimate of drug-likeness (QED) is 0.832. The maximum atomic E-state index is 11.9. The van der Waals surface area contributed by atoms with Gasteiger partial charge in [-0.15, -0.1) is 24.8 Å². The highest BCUT2D eigenvalue weighted by atomic mass is 35.5. The maximum absolute atomic E-state index is 11.9. The number of halogens is 2. The number of carbonyl (C=O) groups excluding carboxylic acids is 1. The van der Waals surface area contributed by atoms with Crippen molar-refractivity contribution in [3.8, 4) is 0 Å². The molecular weight excluding hydrogens is 309 g/mol. The molecule has 0 bridgehead atoms. The fraction of sp³-hybridized carbons (Fsp3) is 0.533. The Bertz CT molecular complexity index is 435. The van der Waals surface area contributed by atoms with Gasteiger partial charge in [0, 0.05) is 18.8 Å². The molecule has 0 unspecified atom stereocenters. The van der Waals surface area contributed by atoms with Gasteiger partial charge in [-0.25, -0.2) is 0 Å². The number of hydrogen-bond donors (Lipinski definition) is 2. The van der Waals surface area contributed by atoms with E-state index in [1.54, 1.807) is 12.1 Å². The fourth-order valence-corrected chi connectivity index (χ4v) is 2.41. The van der Waals surface area contributed by atoms with E-state index >= 15 is 0 Å². The molecule has 120 valence electrons. The average molecular weight is 334 g/mol. The third kappa shape index (κ3) is 6.12. The summed E-state index contributed by atoms with van der Waals surface area (Å²) in [5.41, 5.74) is 6.88. The van der Waals surface area contributed by atoms with Gasteiger partial charge in [0.25, 0.3) is 5.91 Å². The molecule has 1 aromatic rings. The Morgan fingerprint density at radius 2 is 1.90 bits per heavy atom. The van der Waals surface area contributed by atoms with Crippen molar-refractivity contribution in [3.63, 3.8) is 0 Å². The van der Waals surface area contributed by atoms with Crippen LogP contribution in [0.2, 0.25) is 0 Å². The summed E-state index contributed by atoms with van der Waals surface area (Å²) in [5.74, 6) is 0.762. The SMILES string of the molecule is CC1CCN(CCNC(=O)c2ccccc2N)CC1.Cl.Cl. The summed E-state index contributed by atoms with van der Waals surface area (Å²) in [6.07, 6.45) is 2.53. The molecule has 1 aromatic carbocycles. The Kier molecular flexibility index (Phi) is 9.42. The second-order valence-corrected chi connectivity index (χ2v) is 5.37. The largest absolute Gasteiger partial charge is 0.398 e. The number of anilines is 1. The number of rotatable bonds is 4. The zero-order chi connectivity index (χ0) is 13.7. The summed E-state index contributed by atoms with van der Waals surface area (Å²) in [6.45, 7) is 6.19. The van der Waals surface area contributed by atoms with Crippen LogP contribution < -0.4 is 11.1 Å². The van der Waals surface area contributed by atoms with Crippen LogP contribution in [0, 0.1) is 5.92 Å². The first-order chi connectivity index (χ1) is 9.16. The molecule has 6 heteroatoms. The first kappa shape index (κ1) is 20.0. The monoisotopic (exact) mass is 333 g/mol. The van der Waals surface area contributed by atoms with E-state index in [2.05, 4.69) is 17.1 Å². The Morgan fingerprint density at radius 3 is 2.52 bits per heavy atom. The number of nitrogens with zero attached hydrogens (tertiary/aromatic N) is 1.